The third-order valence-electron chi connectivity index (χ3n) is 4.69. The van der Waals surface area contributed by atoms with E-state index < -0.39 is 5.82 Å². The number of anilines is 1. The average Bonchev–Trinajstić information content (AvgIpc) is 3.01. The van der Waals surface area contributed by atoms with E-state index in [9.17, 15) is 14.0 Å². The molecule has 0 bridgehead atoms. The lowest BCUT2D eigenvalue weighted by Gasteiger charge is -2.14. The van der Waals surface area contributed by atoms with E-state index in [4.69, 9.17) is 12.2 Å². The summed E-state index contributed by atoms with van der Waals surface area (Å²) >= 11 is 6.40. The Balaban J connectivity index is 1.42. The van der Waals surface area contributed by atoms with Crippen LogP contribution in [0.25, 0.3) is 16.8 Å². The van der Waals surface area contributed by atoms with Gasteiger partial charge in [0.25, 0.3) is 5.91 Å². The Hall–Kier alpha value is -3.03. The summed E-state index contributed by atoms with van der Waals surface area (Å²) in [6.07, 6.45) is 1.59. The van der Waals surface area contributed by atoms with E-state index in [0.717, 1.165) is 28.2 Å². The first-order chi connectivity index (χ1) is 14.5. The van der Waals surface area contributed by atoms with E-state index in [0.29, 0.717) is 14.8 Å². The number of amides is 2. The Morgan fingerprint density at radius 1 is 1.07 bits per heavy atom. The summed E-state index contributed by atoms with van der Waals surface area (Å²) in [5.41, 5.74) is 1.05. The van der Waals surface area contributed by atoms with Crippen LogP contribution < -0.4 is 5.32 Å². The number of fused-ring (bicyclic) bond motifs is 1. The third-order valence-corrected chi connectivity index (χ3v) is 6.07. The molecule has 3 aromatic rings. The van der Waals surface area contributed by atoms with Gasteiger partial charge in [0.15, 0.2) is 0 Å². The quantitative estimate of drug-likeness (QED) is 0.441. The molecule has 7 heteroatoms. The molecule has 0 saturated carbocycles. The summed E-state index contributed by atoms with van der Waals surface area (Å²) in [5.74, 6) is -0.929. The van der Waals surface area contributed by atoms with Gasteiger partial charge in [0.05, 0.1) is 4.91 Å². The molecule has 30 heavy (non-hydrogen) atoms. The van der Waals surface area contributed by atoms with Gasteiger partial charge in [-0.25, -0.2) is 4.39 Å². The van der Waals surface area contributed by atoms with Crippen molar-refractivity contribution >= 4 is 62.7 Å². The fourth-order valence-corrected chi connectivity index (χ4v) is 4.49. The SMILES string of the molecule is O=C(CCN1C(=O)C(=Cc2ccccc2F)SC1=S)Nc1cccc2ccccc12. The number of benzene rings is 3. The van der Waals surface area contributed by atoms with Crippen molar-refractivity contribution in [3.8, 4) is 0 Å². The van der Waals surface area contributed by atoms with Crippen LogP contribution in [0.1, 0.15) is 12.0 Å². The lowest BCUT2D eigenvalue weighted by molar-refractivity contribution is -0.122. The van der Waals surface area contributed by atoms with Gasteiger partial charge in [-0.3, -0.25) is 14.5 Å². The van der Waals surface area contributed by atoms with E-state index >= 15 is 0 Å². The molecule has 0 aliphatic carbocycles. The zero-order valence-corrected chi connectivity index (χ0v) is 17.4. The van der Waals surface area contributed by atoms with Crippen LogP contribution in [0.5, 0.6) is 0 Å². The molecule has 4 rings (SSSR count). The molecule has 0 spiro atoms. The Morgan fingerprint density at radius 2 is 1.80 bits per heavy atom. The van der Waals surface area contributed by atoms with Crippen molar-refractivity contribution < 1.29 is 14.0 Å². The molecular weight excluding hydrogens is 419 g/mol. The number of hydrogen-bond acceptors (Lipinski definition) is 4. The molecular formula is C23H17FN2O2S2. The summed E-state index contributed by atoms with van der Waals surface area (Å²) in [5, 5.41) is 4.89. The summed E-state index contributed by atoms with van der Waals surface area (Å²) in [4.78, 5) is 26.9. The Morgan fingerprint density at radius 3 is 2.63 bits per heavy atom. The summed E-state index contributed by atoms with van der Waals surface area (Å²) in [6, 6.07) is 19.7. The second-order valence-electron chi connectivity index (χ2n) is 6.68. The van der Waals surface area contributed by atoms with Crippen LogP contribution in [0.15, 0.2) is 71.6 Å². The fourth-order valence-electron chi connectivity index (χ4n) is 3.19. The molecule has 4 nitrogen and oxygen atoms in total. The standard InChI is InChI=1S/C23H17FN2O2S2/c24-18-10-4-2-7-16(18)14-20-22(28)26(23(29)30-20)13-12-21(27)25-19-11-5-8-15-6-1-3-9-17(15)19/h1-11,14H,12-13H2,(H,25,27). The lowest BCUT2D eigenvalue weighted by Crippen LogP contribution is -2.31. The normalized spacial score (nSPS) is 15.2. The van der Waals surface area contributed by atoms with Gasteiger partial charge in [0.1, 0.15) is 10.1 Å². The minimum Gasteiger partial charge on any atom is -0.325 e. The van der Waals surface area contributed by atoms with Crippen molar-refractivity contribution in [1.29, 1.82) is 0 Å². The van der Waals surface area contributed by atoms with Crippen LogP contribution in [0.4, 0.5) is 10.1 Å². The predicted molar refractivity (Wildman–Crippen MR) is 123 cm³/mol. The number of thioether (sulfide) groups is 1. The van der Waals surface area contributed by atoms with Crippen LogP contribution in [0, 0.1) is 5.82 Å². The highest BCUT2D eigenvalue weighted by Gasteiger charge is 2.32. The van der Waals surface area contributed by atoms with Crippen molar-refractivity contribution in [2.24, 2.45) is 0 Å². The number of carbonyl (C=O) groups excluding carboxylic acids is 2. The van der Waals surface area contributed by atoms with Crippen LogP contribution >= 0.6 is 24.0 Å². The largest absolute Gasteiger partial charge is 0.325 e. The number of nitrogens with zero attached hydrogens (tertiary/aromatic N) is 1. The van der Waals surface area contributed by atoms with Gasteiger partial charge in [0.2, 0.25) is 5.91 Å². The molecule has 1 aliphatic rings. The van der Waals surface area contributed by atoms with Crippen LogP contribution in [-0.2, 0) is 9.59 Å². The van der Waals surface area contributed by atoms with Gasteiger partial charge in [0, 0.05) is 29.6 Å². The lowest BCUT2D eigenvalue weighted by atomic mass is 10.1. The van der Waals surface area contributed by atoms with Crippen LogP contribution in [-0.4, -0.2) is 27.6 Å². The van der Waals surface area contributed by atoms with E-state index in [1.165, 1.54) is 17.0 Å². The van der Waals surface area contributed by atoms with Crippen LogP contribution in [0.2, 0.25) is 0 Å². The molecule has 1 N–H and O–H groups in total. The first-order valence-electron chi connectivity index (χ1n) is 9.30. The summed E-state index contributed by atoms with van der Waals surface area (Å²) in [6.45, 7) is 0.163. The zero-order chi connectivity index (χ0) is 21.1. The average molecular weight is 437 g/mol. The Bertz CT molecular complexity index is 1190. The minimum absolute atomic E-state index is 0.0998. The van der Waals surface area contributed by atoms with Gasteiger partial charge >= 0.3 is 0 Å². The highest BCUT2D eigenvalue weighted by Crippen LogP contribution is 2.33. The van der Waals surface area contributed by atoms with Crippen molar-refractivity contribution in [2.75, 3.05) is 11.9 Å². The van der Waals surface area contributed by atoms with Gasteiger partial charge in [-0.05, 0) is 23.6 Å². The predicted octanol–water partition coefficient (Wildman–Crippen LogP) is 5.21. The van der Waals surface area contributed by atoms with Gasteiger partial charge in [-0.15, -0.1) is 0 Å². The zero-order valence-electron chi connectivity index (χ0n) is 15.8. The van der Waals surface area contributed by atoms with Crippen molar-refractivity contribution in [2.45, 2.75) is 6.42 Å². The molecule has 150 valence electrons. The number of hydrogen-bond donors (Lipinski definition) is 1. The Kier molecular flexibility index (Phi) is 5.92. The molecule has 1 heterocycles. The second-order valence-corrected chi connectivity index (χ2v) is 8.36. The Labute approximate surface area is 182 Å². The molecule has 3 aromatic carbocycles. The maximum atomic E-state index is 13.9. The minimum atomic E-state index is -0.405. The molecule has 0 radical (unpaired) electrons. The fraction of sp³-hybridized carbons (Fsp3) is 0.0870. The van der Waals surface area contributed by atoms with E-state index in [1.54, 1.807) is 18.2 Å². The third kappa shape index (κ3) is 4.27. The number of nitrogens with one attached hydrogen (secondary N) is 1. The van der Waals surface area contributed by atoms with E-state index in [1.807, 2.05) is 42.5 Å². The number of thiocarbonyl (C=S) groups is 1. The van der Waals surface area contributed by atoms with Crippen molar-refractivity contribution in [3.05, 3.63) is 83.0 Å². The number of rotatable bonds is 5. The van der Waals surface area contributed by atoms with Gasteiger partial charge in [-0.1, -0.05) is 78.6 Å². The molecule has 0 unspecified atom stereocenters. The highest BCUT2D eigenvalue weighted by molar-refractivity contribution is 8.26. The molecule has 1 saturated heterocycles. The monoisotopic (exact) mass is 436 g/mol. The molecule has 0 aromatic heterocycles. The second kappa shape index (κ2) is 8.77. The van der Waals surface area contributed by atoms with Crippen LogP contribution in [0.3, 0.4) is 0 Å². The molecule has 0 atom stereocenters. The van der Waals surface area contributed by atoms with Crippen molar-refractivity contribution in [1.82, 2.24) is 4.90 Å². The topological polar surface area (TPSA) is 49.4 Å². The van der Waals surface area contributed by atoms with Crippen molar-refractivity contribution in [3.63, 3.8) is 0 Å². The number of halogens is 1. The summed E-state index contributed by atoms with van der Waals surface area (Å²) < 4.78 is 14.2. The van der Waals surface area contributed by atoms with E-state index in [-0.39, 0.29) is 24.8 Å². The first-order valence-corrected chi connectivity index (χ1v) is 10.5. The smallest absolute Gasteiger partial charge is 0.266 e. The van der Waals surface area contributed by atoms with Gasteiger partial charge in [-0.2, -0.15) is 0 Å². The summed E-state index contributed by atoms with van der Waals surface area (Å²) in [7, 11) is 0. The number of carbonyl (C=O) groups is 2. The molecule has 2 amide bonds. The van der Waals surface area contributed by atoms with Gasteiger partial charge < -0.3 is 5.32 Å². The van der Waals surface area contributed by atoms with E-state index in [2.05, 4.69) is 5.32 Å². The maximum Gasteiger partial charge on any atom is 0.266 e. The molecule has 1 aliphatic heterocycles. The maximum absolute atomic E-state index is 13.9. The highest BCUT2D eigenvalue weighted by atomic mass is 32.2. The molecule has 1 fully saturated rings. The first kappa shape index (κ1) is 20.3.